The highest BCUT2D eigenvalue weighted by Crippen LogP contribution is 2.30. The molecule has 0 saturated carbocycles. The van der Waals surface area contributed by atoms with E-state index < -0.39 is 5.97 Å². The first-order chi connectivity index (χ1) is 12.0. The zero-order valence-electron chi connectivity index (χ0n) is 14.4. The average molecular weight is 348 g/mol. The highest BCUT2D eigenvalue weighted by Gasteiger charge is 2.32. The maximum atomic E-state index is 12.3. The van der Waals surface area contributed by atoms with Crippen molar-refractivity contribution in [2.45, 2.75) is 25.8 Å². The molecule has 1 saturated heterocycles. The van der Waals surface area contributed by atoms with Crippen molar-refractivity contribution in [3.63, 3.8) is 0 Å². The van der Waals surface area contributed by atoms with Crippen LogP contribution in [0.15, 0.2) is 18.2 Å². The molecule has 2 aliphatic heterocycles. The molecule has 136 valence electrons. The van der Waals surface area contributed by atoms with Gasteiger partial charge in [0, 0.05) is 13.1 Å². The van der Waals surface area contributed by atoms with E-state index in [1.54, 1.807) is 0 Å². The summed E-state index contributed by atoms with van der Waals surface area (Å²) < 4.78 is 11.1. The quantitative estimate of drug-likeness (QED) is 0.795. The number of ether oxygens (including phenoxy) is 2. The molecule has 2 unspecified atom stereocenters. The number of aliphatic carboxylic acids is 1. The van der Waals surface area contributed by atoms with Crippen molar-refractivity contribution in [2.24, 2.45) is 5.92 Å². The first kappa shape index (κ1) is 17.5. The van der Waals surface area contributed by atoms with Crippen LogP contribution in [0.2, 0.25) is 0 Å². The normalized spacial score (nSPS) is 20.9. The van der Waals surface area contributed by atoms with Gasteiger partial charge in [-0.3, -0.25) is 14.5 Å². The van der Waals surface area contributed by atoms with Gasteiger partial charge in [0.25, 0.3) is 0 Å². The fourth-order valence-corrected chi connectivity index (χ4v) is 3.23. The Hall–Kier alpha value is -2.28. The molecule has 2 heterocycles. The number of rotatable bonds is 6. The maximum Gasteiger partial charge on any atom is 0.307 e. The minimum atomic E-state index is -0.784. The molecule has 1 aromatic carbocycles. The van der Waals surface area contributed by atoms with Crippen molar-refractivity contribution in [1.82, 2.24) is 10.2 Å². The van der Waals surface area contributed by atoms with Gasteiger partial charge in [0.05, 0.1) is 12.0 Å². The lowest BCUT2D eigenvalue weighted by Crippen LogP contribution is -2.44. The van der Waals surface area contributed by atoms with Gasteiger partial charge in [-0.05, 0) is 44.0 Å². The van der Waals surface area contributed by atoms with E-state index in [0.717, 1.165) is 17.1 Å². The van der Waals surface area contributed by atoms with Crippen LogP contribution in [-0.4, -0.2) is 60.8 Å². The van der Waals surface area contributed by atoms with Gasteiger partial charge in [-0.25, -0.2) is 0 Å². The third kappa shape index (κ3) is 4.22. The van der Waals surface area contributed by atoms with E-state index >= 15 is 0 Å². The molecule has 0 spiro atoms. The number of likely N-dealkylation sites (tertiary alicyclic amines) is 1. The largest absolute Gasteiger partial charge is 0.486 e. The smallest absolute Gasteiger partial charge is 0.307 e. The van der Waals surface area contributed by atoms with Gasteiger partial charge in [0.15, 0.2) is 11.5 Å². The first-order valence-corrected chi connectivity index (χ1v) is 8.67. The standard InChI is InChI=1S/C18H24N2O5/c1-12(20-7-5-14(11-20)18(22)23)17(21)19-6-4-13-2-3-15-16(10-13)25-9-8-24-15/h2-3,10,12,14H,4-9,11H2,1H3,(H,19,21)(H,22,23). The van der Waals surface area contributed by atoms with E-state index in [1.807, 2.05) is 30.0 Å². The second-order valence-corrected chi connectivity index (χ2v) is 6.51. The summed E-state index contributed by atoms with van der Waals surface area (Å²) in [7, 11) is 0. The monoisotopic (exact) mass is 348 g/mol. The zero-order valence-corrected chi connectivity index (χ0v) is 14.4. The lowest BCUT2D eigenvalue weighted by atomic mass is 10.1. The number of hydrogen-bond acceptors (Lipinski definition) is 5. The number of carboxylic acid groups (broad SMARTS) is 1. The fourth-order valence-electron chi connectivity index (χ4n) is 3.23. The number of amides is 1. The summed E-state index contributed by atoms with van der Waals surface area (Å²) in [5.41, 5.74) is 1.07. The Morgan fingerprint density at radius 1 is 1.32 bits per heavy atom. The lowest BCUT2D eigenvalue weighted by molar-refractivity contribution is -0.141. The molecule has 25 heavy (non-hydrogen) atoms. The van der Waals surface area contributed by atoms with E-state index in [-0.39, 0.29) is 17.9 Å². The number of carbonyl (C=O) groups excluding carboxylic acids is 1. The van der Waals surface area contributed by atoms with Crippen molar-refractivity contribution in [2.75, 3.05) is 32.8 Å². The molecular formula is C18H24N2O5. The van der Waals surface area contributed by atoms with Gasteiger partial charge in [0.1, 0.15) is 13.2 Å². The summed E-state index contributed by atoms with van der Waals surface area (Å²) in [5.74, 6) is 0.292. The average Bonchev–Trinajstić information content (AvgIpc) is 3.11. The van der Waals surface area contributed by atoms with Crippen molar-refractivity contribution < 1.29 is 24.2 Å². The number of benzene rings is 1. The molecule has 1 aromatic rings. The summed E-state index contributed by atoms with van der Waals surface area (Å²) in [6, 6.07) is 5.50. The van der Waals surface area contributed by atoms with Crippen molar-refractivity contribution in [1.29, 1.82) is 0 Å². The molecular weight excluding hydrogens is 324 g/mol. The van der Waals surface area contributed by atoms with Gasteiger partial charge in [-0.1, -0.05) is 6.07 Å². The number of carbonyl (C=O) groups is 2. The van der Waals surface area contributed by atoms with Crippen LogP contribution in [-0.2, 0) is 16.0 Å². The fraction of sp³-hybridized carbons (Fsp3) is 0.556. The number of carboxylic acids is 1. The van der Waals surface area contributed by atoms with Gasteiger partial charge in [-0.15, -0.1) is 0 Å². The number of fused-ring (bicyclic) bond motifs is 1. The Morgan fingerprint density at radius 2 is 2.08 bits per heavy atom. The highest BCUT2D eigenvalue weighted by molar-refractivity contribution is 5.81. The van der Waals surface area contributed by atoms with Crippen molar-refractivity contribution >= 4 is 11.9 Å². The SMILES string of the molecule is CC(C(=O)NCCc1ccc2c(c1)OCCO2)N1CCC(C(=O)O)C1. The second-order valence-electron chi connectivity index (χ2n) is 6.51. The summed E-state index contributed by atoms with van der Waals surface area (Å²) in [5, 5.41) is 12.0. The molecule has 1 fully saturated rings. The third-order valence-electron chi connectivity index (χ3n) is 4.82. The van der Waals surface area contributed by atoms with Gasteiger partial charge < -0.3 is 19.9 Å². The van der Waals surface area contributed by atoms with E-state index in [2.05, 4.69) is 5.32 Å². The molecule has 3 rings (SSSR count). The topological polar surface area (TPSA) is 88.1 Å². The van der Waals surface area contributed by atoms with Crippen LogP contribution in [0.3, 0.4) is 0 Å². The van der Waals surface area contributed by atoms with E-state index in [4.69, 9.17) is 14.6 Å². The molecule has 2 atom stereocenters. The maximum absolute atomic E-state index is 12.3. The van der Waals surface area contributed by atoms with Crippen LogP contribution in [0.1, 0.15) is 18.9 Å². The van der Waals surface area contributed by atoms with Crippen LogP contribution in [0.4, 0.5) is 0 Å². The van der Waals surface area contributed by atoms with Gasteiger partial charge in [-0.2, -0.15) is 0 Å². The number of hydrogen-bond donors (Lipinski definition) is 2. The van der Waals surface area contributed by atoms with Crippen LogP contribution in [0, 0.1) is 5.92 Å². The predicted octanol–water partition coefficient (Wildman–Crippen LogP) is 0.911. The molecule has 1 amide bonds. The Bertz CT molecular complexity index is 648. The Labute approximate surface area is 146 Å². The van der Waals surface area contributed by atoms with Crippen molar-refractivity contribution in [3.05, 3.63) is 23.8 Å². The Morgan fingerprint density at radius 3 is 2.80 bits per heavy atom. The van der Waals surface area contributed by atoms with Crippen molar-refractivity contribution in [3.8, 4) is 11.5 Å². The van der Waals surface area contributed by atoms with Crippen LogP contribution in [0.25, 0.3) is 0 Å². The third-order valence-corrected chi connectivity index (χ3v) is 4.82. The Balaban J connectivity index is 1.45. The van der Waals surface area contributed by atoms with Crippen LogP contribution < -0.4 is 14.8 Å². The van der Waals surface area contributed by atoms with Gasteiger partial charge in [0.2, 0.25) is 5.91 Å². The van der Waals surface area contributed by atoms with Crippen LogP contribution >= 0.6 is 0 Å². The van der Waals surface area contributed by atoms with Gasteiger partial charge >= 0.3 is 5.97 Å². The second kappa shape index (κ2) is 7.74. The molecule has 0 aliphatic carbocycles. The predicted molar refractivity (Wildman–Crippen MR) is 90.9 cm³/mol. The molecule has 7 nitrogen and oxygen atoms in total. The van der Waals surface area contributed by atoms with E-state index in [0.29, 0.717) is 45.7 Å². The minimum absolute atomic E-state index is 0.0661. The number of nitrogens with one attached hydrogen (secondary N) is 1. The highest BCUT2D eigenvalue weighted by atomic mass is 16.6. The first-order valence-electron chi connectivity index (χ1n) is 8.67. The number of nitrogens with zero attached hydrogens (tertiary/aromatic N) is 1. The lowest BCUT2D eigenvalue weighted by Gasteiger charge is -2.23. The summed E-state index contributed by atoms with van der Waals surface area (Å²) >= 11 is 0. The molecule has 2 N–H and O–H groups in total. The Kier molecular flexibility index (Phi) is 5.43. The molecule has 0 radical (unpaired) electrons. The van der Waals surface area contributed by atoms with E-state index in [9.17, 15) is 9.59 Å². The summed E-state index contributed by atoms with van der Waals surface area (Å²) in [6.07, 6.45) is 1.30. The summed E-state index contributed by atoms with van der Waals surface area (Å²) in [6.45, 7) is 4.56. The summed E-state index contributed by atoms with van der Waals surface area (Å²) in [4.78, 5) is 25.2. The van der Waals surface area contributed by atoms with E-state index in [1.165, 1.54) is 0 Å². The van der Waals surface area contributed by atoms with Crippen LogP contribution in [0.5, 0.6) is 11.5 Å². The molecule has 7 heteroatoms. The molecule has 0 aromatic heterocycles. The molecule has 2 aliphatic rings. The minimum Gasteiger partial charge on any atom is -0.486 e. The molecule has 0 bridgehead atoms. The zero-order chi connectivity index (χ0) is 17.8.